The minimum absolute atomic E-state index is 0.0570. The molecule has 1 heterocycles. The number of ether oxygens (including phenoxy) is 1. The van der Waals surface area contributed by atoms with E-state index < -0.39 is 14.4 Å². The van der Waals surface area contributed by atoms with Gasteiger partial charge < -0.3 is 9.16 Å². The van der Waals surface area contributed by atoms with E-state index >= 15 is 0 Å². The summed E-state index contributed by atoms with van der Waals surface area (Å²) < 4.78 is 12.6. The van der Waals surface area contributed by atoms with Crippen LogP contribution in [0.15, 0.2) is 103 Å². The molecule has 2 aliphatic rings. The Hall–Kier alpha value is -3.48. The van der Waals surface area contributed by atoms with E-state index in [1.165, 1.54) is 15.3 Å². The highest BCUT2D eigenvalue weighted by Crippen LogP contribution is 2.40. The van der Waals surface area contributed by atoms with Gasteiger partial charge in [0.05, 0.1) is 0 Å². The molecular formula is C34H39NO4Si. The molecule has 2 fully saturated rings. The highest BCUT2D eigenvalue weighted by molar-refractivity contribution is 6.99. The summed E-state index contributed by atoms with van der Waals surface area (Å²) in [6.45, 7) is 7.12. The van der Waals surface area contributed by atoms with Crippen molar-refractivity contribution in [2.75, 3.05) is 6.61 Å². The van der Waals surface area contributed by atoms with E-state index in [1.807, 2.05) is 36.4 Å². The second-order valence-corrected chi connectivity index (χ2v) is 16.1. The monoisotopic (exact) mass is 553 g/mol. The molecule has 3 aromatic rings. The maximum Gasteiger partial charge on any atom is 0.417 e. The second-order valence-electron chi connectivity index (χ2n) is 11.9. The molecule has 6 heteroatoms. The molecule has 5 nitrogen and oxygen atoms in total. The highest BCUT2D eigenvalue weighted by Gasteiger charge is 2.51. The summed E-state index contributed by atoms with van der Waals surface area (Å²) in [5.74, 6) is -0.0428. The molecule has 1 saturated heterocycles. The van der Waals surface area contributed by atoms with Gasteiger partial charge in [-0.3, -0.25) is 4.79 Å². The van der Waals surface area contributed by atoms with Crippen LogP contribution in [-0.2, 0) is 14.0 Å². The fourth-order valence-corrected chi connectivity index (χ4v) is 11.0. The number of benzene rings is 3. The van der Waals surface area contributed by atoms with Gasteiger partial charge >= 0.3 is 6.09 Å². The summed E-state index contributed by atoms with van der Waals surface area (Å²) in [6, 6.07) is 30.7. The molecule has 208 valence electrons. The third kappa shape index (κ3) is 5.69. The van der Waals surface area contributed by atoms with Gasteiger partial charge in [0.15, 0.2) is 0 Å². The molecule has 0 spiro atoms. The number of imide groups is 1. The fraction of sp³-hybridized carbons (Fsp3) is 0.353. The van der Waals surface area contributed by atoms with E-state index in [-0.39, 0.29) is 35.6 Å². The van der Waals surface area contributed by atoms with Crippen molar-refractivity contribution >= 4 is 30.7 Å². The number of hydrogen-bond acceptors (Lipinski definition) is 4. The number of carbonyl (C=O) groups excluding carboxylic acids is 2. The first kappa shape index (κ1) is 28.1. The Balaban J connectivity index is 1.28. The van der Waals surface area contributed by atoms with Crippen molar-refractivity contribution in [1.82, 2.24) is 4.90 Å². The first-order chi connectivity index (χ1) is 19.3. The second kappa shape index (κ2) is 11.9. The molecular weight excluding hydrogens is 514 g/mol. The first-order valence-electron chi connectivity index (χ1n) is 14.3. The lowest BCUT2D eigenvalue weighted by Gasteiger charge is -2.46. The van der Waals surface area contributed by atoms with Crippen molar-refractivity contribution in [2.45, 2.75) is 63.6 Å². The van der Waals surface area contributed by atoms with E-state index in [0.717, 1.165) is 31.2 Å². The molecule has 0 bridgehead atoms. The number of cyclic esters (lactones) is 1. The Bertz CT molecular complexity index is 1270. The number of rotatable bonds is 7. The van der Waals surface area contributed by atoms with Crippen LogP contribution in [0.3, 0.4) is 0 Å². The van der Waals surface area contributed by atoms with Crippen LogP contribution in [0.1, 0.15) is 58.1 Å². The lowest BCUT2D eigenvalue weighted by Crippen LogP contribution is -2.67. The fourth-order valence-electron chi connectivity index (χ4n) is 6.22. The molecule has 1 saturated carbocycles. The summed E-state index contributed by atoms with van der Waals surface area (Å²) in [5.41, 5.74) is 0.899. The summed E-state index contributed by atoms with van der Waals surface area (Å²) in [7, 11) is -2.59. The molecule has 5 rings (SSSR count). The topological polar surface area (TPSA) is 55.8 Å². The Morgan fingerprint density at radius 1 is 0.850 bits per heavy atom. The Labute approximate surface area is 238 Å². The zero-order chi connectivity index (χ0) is 28.2. The minimum atomic E-state index is -2.59. The predicted molar refractivity (Wildman–Crippen MR) is 161 cm³/mol. The Morgan fingerprint density at radius 2 is 1.38 bits per heavy atom. The van der Waals surface area contributed by atoms with Crippen molar-refractivity contribution in [2.24, 2.45) is 5.92 Å². The maximum absolute atomic E-state index is 13.1. The molecule has 1 aliphatic heterocycles. The highest BCUT2D eigenvalue weighted by atomic mass is 28.4. The van der Waals surface area contributed by atoms with Crippen molar-refractivity contribution in [1.29, 1.82) is 0 Å². The van der Waals surface area contributed by atoms with Crippen LogP contribution in [0.4, 0.5) is 4.79 Å². The van der Waals surface area contributed by atoms with E-state index in [4.69, 9.17) is 9.16 Å². The lowest BCUT2D eigenvalue weighted by atomic mass is 9.87. The van der Waals surface area contributed by atoms with Crippen LogP contribution >= 0.6 is 0 Å². The van der Waals surface area contributed by atoms with Crippen LogP contribution in [0.25, 0.3) is 0 Å². The molecule has 0 radical (unpaired) electrons. The Morgan fingerprint density at radius 3 is 1.90 bits per heavy atom. The van der Waals surface area contributed by atoms with Crippen molar-refractivity contribution in [3.8, 4) is 0 Å². The molecule has 2 amide bonds. The smallest absolute Gasteiger partial charge is 0.417 e. The predicted octanol–water partition coefficient (Wildman–Crippen LogP) is 6.40. The van der Waals surface area contributed by atoms with Gasteiger partial charge in [-0.2, -0.15) is 0 Å². The number of carbonyl (C=O) groups is 2. The van der Waals surface area contributed by atoms with Crippen LogP contribution in [-0.4, -0.2) is 37.9 Å². The average Bonchev–Trinajstić information content (AvgIpc) is 3.37. The van der Waals surface area contributed by atoms with Crippen LogP contribution in [0.2, 0.25) is 5.04 Å². The number of hydrogen-bond donors (Lipinski definition) is 0. The van der Waals surface area contributed by atoms with E-state index in [2.05, 4.69) is 81.4 Å². The van der Waals surface area contributed by atoms with Crippen LogP contribution in [0.5, 0.6) is 0 Å². The van der Waals surface area contributed by atoms with Crippen molar-refractivity contribution in [3.05, 3.63) is 109 Å². The number of nitrogens with zero attached hydrogens (tertiary/aromatic N) is 1. The zero-order valence-corrected chi connectivity index (χ0v) is 24.7. The van der Waals surface area contributed by atoms with Crippen LogP contribution < -0.4 is 10.4 Å². The van der Waals surface area contributed by atoms with E-state index in [1.54, 1.807) is 6.08 Å². The molecule has 0 unspecified atom stereocenters. The maximum atomic E-state index is 13.1. The zero-order valence-electron chi connectivity index (χ0n) is 23.7. The summed E-state index contributed by atoms with van der Waals surface area (Å²) in [5, 5.41) is 2.54. The van der Waals surface area contributed by atoms with Gasteiger partial charge in [-0.15, -0.1) is 0 Å². The van der Waals surface area contributed by atoms with Gasteiger partial charge in [-0.05, 0) is 58.7 Å². The average molecular weight is 554 g/mol. The SMILES string of the molecule is CC(C)(C)[Si](O[C@H]1CC[C@H](/C=C/C(=O)N2C(=O)OC[C@H]2c2ccccc2)CC1)(c1ccccc1)c1ccccc1. The number of allylic oxidation sites excluding steroid dienone is 1. The summed E-state index contributed by atoms with van der Waals surface area (Å²) in [4.78, 5) is 26.7. The van der Waals surface area contributed by atoms with Crippen molar-refractivity contribution in [3.63, 3.8) is 0 Å². The van der Waals surface area contributed by atoms with Gasteiger partial charge in [0.25, 0.3) is 14.2 Å². The van der Waals surface area contributed by atoms with Crippen molar-refractivity contribution < 1.29 is 18.8 Å². The summed E-state index contributed by atoms with van der Waals surface area (Å²) >= 11 is 0. The standard InChI is InChI=1S/C34H39NO4Si/c1-34(2,3)40(29-15-9-5-10-16-29,30-17-11-6-12-18-30)39-28-22-19-26(20-23-28)21-24-32(36)35-31(25-38-33(35)37)27-13-7-4-8-14-27/h4-18,21,24,26,28,31H,19-20,22-23,25H2,1-3H3/b24-21+/t26-,28-,31-/m0/s1. The van der Waals surface area contributed by atoms with Gasteiger partial charge in [-0.25, -0.2) is 9.69 Å². The number of amides is 2. The third-order valence-electron chi connectivity index (χ3n) is 8.28. The minimum Gasteiger partial charge on any atom is -0.446 e. The Kier molecular flexibility index (Phi) is 8.38. The van der Waals surface area contributed by atoms with E-state index in [0.29, 0.717) is 0 Å². The lowest BCUT2D eigenvalue weighted by molar-refractivity contribution is -0.124. The normalized spacial score (nSPS) is 21.9. The van der Waals surface area contributed by atoms with Crippen LogP contribution in [0, 0.1) is 5.92 Å². The quantitative estimate of drug-likeness (QED) is 0.251. The van der Waals surface area contributed by atoms with Gasteiger partial charge in [0, 0.05) is 6.10 Å². The van der Waals surface area contributed by atoms with Gasteiger partial charge in [0.1, 0.15) is 12.6 Å². The van der Waals surface area contributed by atoms with Gasteiger partial charge in [-0.1, -0.05) is 118 Å². The first-order valence-corrected chi connectivity index (χ1v) is 16.2. The third-order valence-corrected chi connectivity index (χ3v) is 13.4. The molecule has 3 aromatic carbocycles. The van der Waals surface area contributed by atoms with E-state index in [9.17, 15) is 9.59 Å². The molecule has 1 atom stereocenters. The molecule has 1 aliphatic carbocycles. The molecule has 0 aromatic heterocycles. The largest absolute Gasteiger partial charge is 0.446 e. The molecule has 40 heavy (non-hydrogen) atoms. The molecule has 0 N–H and O–H groups in total. The summed E-state index contributed by atoms with van der Waals surface area (Å²) in [6.07, 6.45) is 6.89. The van der Waals surface area contributed by atoms with Gasteiger partial charge in [0.2, 0.25) is 0 Å².